The Morgan fingerprint density at radius 2 is 1.19 bits per heavy atom. The number of rotatable bonds is 11. The zero-order valence-electron chi connectivity index (χ0n) is 17.7. The van der Waals surface area contributed by atoms with Gasteiger partial charge in [-0.2, -0.15) is 0 Å². The molecule has 0 radical (unpaired) electrons. The molecule has 0 saturated heterocycles. The molecular weight excluding hydrogens is 404 g/mol. The van der Waals surface area contributed by atoms with Gasteiger partial charge in [0.2, 0.25) is 0 Å². The van der Waals surface area contributed by atoms with Crippen LogP contribution in [0.25, 0.3) is 0 Å². The normalized spacial score (nSPS) is 10.6. The highest BCUT2D eigenvalue weighted by atomic mass is 16.5. The van der Waals surface area contributed by atoms with E-state index in [1.54, 1.807) is 24.3 Å². The number of ketones is 2. The number of methoxy groups -OCH3 is 3. The number of benzene rings is 2. The molecule has 0 saturated carbocycles. The maximum absolute atomic E-state index is 12.7. The minimum absolute atomic E-state index is 0.0222. The SMILES string of the molecule is COC(=O)C(C(=O)CCc1ccc(O)c(OC)c1)C(=O)CCc1ccc(O)c(OC)c1. The van der Waals surface area contributed by atoms with Crippen molar-refractivity contribution in [1.82, 2.24) is 0 Å². The van der Waals surface area contributed by atoms with Crippen LogP contribution in [0.15, 0.2) is 36.4 Å². The van der Waals surface area contributed by atoms with Gasteiger partial charge in [0.15, 0.2) is 40.5 Å². The van der Waals surface area contributed by atoms with E-state index in [1.807, 2.05) is 0 Å². The first kappa shape index (κ1) is 23.7. The van der Waals surface area contributed by atoms with Gasteiger partial charge in [-0.1, -0.05) is 12.1 Å². The quantitative estimate of drug-likeness (QED) is 0.412. The van der Waals surface area contributed by atoms with Crippen LogP contribution in [0.4, 0.5) is 0 Å². The molecule has 2 aromatic rings. The summed E-state index contributed by atoms with van der Waals surface area (Å²) in [6.45, 7) is 0. The lowest BCUT2D eigenvalue weighted by atomic mass is 9.91. The molecule has 0 spiro atoms. The van der Waals surface area contributed by atoms with E-state index in [-0.39, 0.29) is 48.7 Å². The lowest BCUT2D eigenvalue weighted by Crippen LogP contribution is -2.33. The molecule has 0 amide bonds. The summed E-state index contributed by atoms with van der Waals surface area (Å²) in [7, 11) is 3.96. The van der Waals surface area contributed by atoms with Crippen LogP contribution in [0.1, 0.15) is 24.0 Å². The van der Waals surface area contributed by atoms with Crippen LogP contribution in [0.3, 0.4) is 0 Å². The van der Waals surface area contributed by atoms with Crippen molar-refractivity contribution in [2.24, 2.45) is 5.92 Å². The first-order valence-electron chi connectivity index (χ1n) is 9.65. The maximum atomic E-state index is 12.7. The Balaban J connectivity index is 2.05. The van der Waals surface area contributed by atoms with E-state index >= 15 is 0 Å². The van der Waals surface area contributed by atoms with Gasteiger partial charge >= 0.3 is 5.97 Å². The Hall–Kier alpha value is -3.55. The maximum Gasteiger partial charge on any atom is 0.323 e. The van der Waals surface area contributed by atoms with Gasteiger partial charge in [-0.3, -0.25) is 14.4 Å². The largest absolute Gasteiger partial charge is 0.504 e. The molecule has 0 aliphatic heterocycles. The molecule has 0 fully saturated rings. The van der Waals surface area contributed by atoms with Crippen molar-refractivity contribution in [2.75, 3.05) is 21.3 Å². The van der Waals surface area contributed by atoms with Gasteiger partial charge in [-0.05, 0) is 48.2 Å². The summed E-state index contributed by atoms with van der Waals surface area (Å²) in [4.78, 5) is 37.5. The molecule has 0 aliphatic rings. The molecular formula is C23H26O8. The number of Topliss-reactive ketones (excluding diaryl/α,β-unsaturated/α-hetero) is 2. The summed E-state index contributed by atoms with van der Waals surface area (Å²) in [6.07, 6.45) is 0.440. The molecule has 0 bridgehead atoms. The van der Waals surface area contributed by atoms with Crippen molar-refractivity contribution < 1.29 is 38.8 Å². The molecule has 8 heteroatoms. The third kappa shape index (κ3) is 6.21. The summed E-state index contributed by atoms with van der Waals surface area (Å²) in [6, 6.07) is 9.36. The number of ether oxygens (including phenoxy) is 3. The number of hydrogen-bond acceptors (Lipinski definition) is 8. The Morgan fingerprint density at radius 1 is 0.774 bits per heavy atom. The molecule has 166 valence electrons. The van der Waals surface area contributed by atoms with Gasteiger partial charge in [0.1, 0.15) is 0 Å². The Kier molecular flexibility index (Phi) is 8.43. The second kappa shape index (κ2) is 11.0. The van der Waals surface area contributed by atoms with E-state index in [4.69, 9.17) is 9.47 Å². The zero-order chi connectivity index (χ0) is 23.0. The molecule has 2 aromatic carbocycles. The molecule has 2 N–H and O–H groups in total. The van der Waals surface area contributed by atoms with Crippen LogP contribution in [0.5, 0.6) is 23.0 Å². The van der Waals surface area contributed by atoms with Gasteiger partial charge in [0, 0.05) is 12.8 Å². The van der Waals surface area contributed by atoms with Crippen molar-refractivity contribution in [3.63, 3.8) is 0 Å². The lowest BCUT2D eigenvalue weighted by molar-refractivity contribution is -0.153. The standard InChI is InChI=1S/C23H26O8/c1-29-20-12-14(4-8-16(20)24)6-10-18(26)22(23(28)31-3)19(27)11-7-15-5-9-17(25)21(13-15)30-2/h4-5,8-9,12-13,22,24-25H,6-7,10-11H2,1-3H3. The van der Waals surface area contributed by atoms with E-state index in [1.165, 1.54) is 26.4 Å². The fourth-order valence-corrected chi connectivity index (χ4v) is 3.14. The van der Waals surface area contributed by atoms with E-state index < -0.39 is 23.5 Å². The molecule has 0 atom stereocenters. The number of phenols is 2. The highest BCUT2D eigenvalue weighted by Gasteiger charge is 2.33. The van der Waals surface area contributed by atoms with Crippen LogP contribution in [-0.2, 0) is 32.0 Å². The van der Waals surface area contributed by atoms with Gasteiger partial charge in [-0.15, -0.1) is 0 Å². The second-order valence-corrected chi connectivity index (χ2v) is 6.90. The van der Waals surface area contributed by atoms with Crippen molar-refractivity contribution in [2.45, 2.75) is 25.7 Å². The Labute approximate surface area is 180 Å². The van der Waals surface area contributed by atoms with Crippen LogP contribution >= 0.6 is 0 Å². The predicted octanol–water partition coefficient (Wildman–Crippen LogP) is 2.61. The van der Waals surface area contributed by atoms with Crippen LogP contribution < -0.4 is 9.47 Å². The first-order valence-corrected chi connectivity index (χ1v) is 9.65. The summed E-state index contributed by atoms with van der Waals surface area (Å²) >= 11 is 0. The third-order valence-corrected chi connectivity index (χ3v) is 4.89. The Morgan fingerprint density at radius 3 is 1.55 bits per heavy atom. The summed E-state index contributed by atoms with van der Waals surface area (Å²) in [5.74, 6) is -2.95. The van der Waals surface area contributed by atoms with Gasteiger partial charge in [0.05, 0.1) is 21.3 Å². The van der Waals surface area contributed by atoms with Crippen LogP contribution in [0.2, 0.25) is 0 Å². The van der Waals surface area contributed by atoms with Crippen molar-refractivity contribution in [3.8, 4) is 23.0 Å². The van der Waals surface area contributed by atoms with E-state index in [0.29, 0.717) is 0 Å². The van der Waals surface area contributed by atoms with E-state index in [0.717, 1.165) is 18.2 Å². The second-order valence-electron chi connectivity index (χ2n) is 6.90. The molecule has 0 unspecified atom stereocenters. The van der Waals surface area contributed by atoms with Crippen molar-refractivity contribution in [3.05, 3.63) is 47.5 Å². The number of esters is 1. The predicted molar refractivity (Wildman–Crippen MR) is 111 cm³/mol. The van der Waals surface area contributed by atoms with Crippen molar-refractivity contribution >= 4 is 17.5 Å². The molecule has 0 aliphatic carbocycles. The molecule has 2 rings (SSSR count). The number of phenolic OH excluding ortho intramolecular Hbond substituents is 2. The number of hydrogen-bond donors (Lipinski definition) is 2. The van der Waals surface area contributed by atoms with E-state index in [2.05, 4.69) is 4.74 Å². The molecule has 31 heavy (non-hydrogen) atoms. The minimum atomic E-state index is -1.50. The number of aryl methyl sites for hydroxylation is 2. The summed E-state index contributed by atoms with van der Waals surface area (Å²) < 4.78 is 14.8. The third-order valence-electron chi connectivity index (χ3n) is 4.89. The lowest BCUT2D eigenvalue weighted by Gasteiger charge is -2.13. The molecule has 8 nitrogen and oxygen atoms in total. The number of carbonyl (C=O) groups is 3. The van der Waals surface area contributed by atoms with Gasteiger partial charge < -0.3 is 24.4 Å². The summed E-state index contributed by atoms with van der Waals surface area (Å²) in [5.41, 5.74) is 1.44. The highest BCUT2D eigenvalue weighted by molar-refractivity contribution is 6.17. The number of carbonyl (C=O) groups excluding carboxylic acids is 3. The monoisotopic (exact) mass is 430 g/mol. The van der Waals surface area contributed by atoms with Crippen LogP contribution in [-0.4, -0.2) is 49.1 Å². The average Bonchev–Trinajstić information content (AvgIpc) is 2.77. The van der Waals surface area contributed by atoms with Crippen molar-refractivity contribution in [1.29, 1.82) is 0 Å². The molecule has 0 aromatic heterocycles. The van der Waals surface area contributed by atoms with E-state index in [9.17, 15) is 24.6 Å². The van der Waals surface area contributed by atoms with Gasteiger partial charge in [0.25, 0.3) is 0 Å². The fraction of sp³-hybridized carbons (Fsp3) is 0.348. The zero-order valence-corrected chi connectivity index (χ0v) is 17.7. The fourth-order valence-electron chi connectivity index (χ4n) is 3.14. The smallest absolute Gasteiger partial charge is 0.323 e. The number of aromatic hydroxyl groups is 2. The highest BCUT2D eigenvalue weighted by Crippen LogP contribution is 2.28. The summed E-state index contributed by atoms with van der Waals surface area (Å²) in [5, 5.41) is 19.3. The topological polar surface area (TPSA) is 119 Å². The molecule has 0 heterocycles. The average molecular weight is 430 g/mol. The first-order chi connectivity index (χ1) is 14.8. The minimum Gasteiger partial charge on any atom is -0.504 e. The van der Waals surface area contributed by atoms with Crippen LogP contribution in [0, 0.1) is 5.92 Å². The Bertz CT molecular complexity index is 881. The van der Waals surface area contributed by atoms with Gasteiger partial charge in [-0.25, -0.2) is 0 Å².